The number of nitrogens with zero attached hydrogens (tertiary/aromatic N) is 1. The summed E-state index contributed by atoms with van der Waals surface area (Å²) in [6, 6.07) is 18.7. The minimum atomic E-state index is -2.39. The third kappa shape index (κ3) is 11.3. The Morgan fingerprint density at radius 3 is 1.93 bits per heavy atom. The molecule has 2 N–H and O–H groups in total. The summed E-state index contributed by atoms with van der Waals surface area (Å²) in [5, 5.41) is 22.4. The van der Waals surface area contributed by atoms with E-state index in [9.17, 15) is 15.0 Å². The van der Waals surface area contributed by atoms with Crippen molar-refractivity contribution in [1.29, 1.82) is 0 Å². The van der Waals surface area contributed by atoms with Crippen LogP contribution in [-0.4, -0.2) is 75.0 Å². The number of allylic oxidation sites excluding steroid dienone is 1. The highest BCUT2D eigenvalue weighted by molar-refractivity contribution is 7.80. The predicted molar refractivity (Wildman–Crippen MR) is 224 cm³/mol. The second-order valence-corrected chi connectivity index (χ2v) is 17.1. The molecular weight excluding hydrogens is 727 g/mol. The lowest BCUT2D eigenvalue weighted by Crippen LogP contribution is -2.58. The van der Waals surface area contributed by atoms with Crippen molar-refractivity contribution >= 4 is 29.3 Å². The first-order valence-electron chi connectivity index (χ1n) is 20.9. The van der Waals surface area contributed by atoms with E-state index < -0.39 is 59.5 Å². The molecule has 2 saturated heterocycles. The topological polar surface area (TPSA) is 115 Å². The van der Waals surface area contributed by atoms with Crippen LogP contribution in [0.4, 0.5) is 0 Å². The maximum atomic E-state index is 15.1. The van der Waals surface area contributed by atoms with E-state index in [1.54, 1.807) is 26.8 Å². The Balaban J connectivity index is 1.57. The monoisotopic (exact) mass is 793 g/mol. The van der Waals surface area contributed by atoms with Gasteiger partial charge in [0.2, 0.25) is 5.91 Å². The summed E-state index contributed by atoms with van der Waals surface area (Å²) in [7, 11) is 0. The van der Waals surface area contributed by atoms with Crippen LogP contribution in [0.15, 0.2) is 72.8 Å². The maximum Gasteiger partial charge on any atom is 0.339 e. The average Bonchev–Trinajstić information content (AvgIpc) is 3.77. The molecule has 0 bridgehead atoms. The van der Waals surface area contributed by atoms with Crippen LogP contribution in [0, 0.1) is 11.8 Å². The molecule has 2 aliphatic rings. The van der Waals surface area contributed by atoms with Gasteiger partial charge in [-0.1, -0.05) is 132 Å². The molecule has 0 spiro atoms. The Morgan fingerprint density at radius 2 is 1.43 bits per heavy atom. The summed E-state index contributed by atoms with van der Waals surface area (Å²) in [5.41, 5.74) is -2.87. The molecule has 56 heavy (non-hydrogen) atoms. The van der Waals surface area contributed by atoms with Gasteiger partial charge >= 0.3 is 5.97 Å². The van der Waals surface area contributed by atoms with Crippen molar-refractivity contribution in [3.8, 4) is 0 Å². The highest BCUT2D eigenvalue weighted by Gasteiger charge is 2.60. The zero-order chi connectivity index (χ0) is 40.8. The van der Waals surface area contributed by atoms with Gasteiger partial charge in [-0.25, -0.2) is 4.79 Å². The van der Waals surface area contributed by atoms with Gasteiger partial charge in [-0.15, -0.1) is 0 Å². The fraction of sp³-hybridized carbons (Fsp3) is 0.630. The maximum absolute atomic E-state index is 15.1. The molecule has 9 nitrogen and oxygen atoms in total. The summed E-state index contributed by atoms with van der Waals surface area (Å²) in [6.45, 7) is 12.1. The van der Waals surface area contributed by atoms with Gasteiger partial charge in [0, 0.05) is 37.0 Å². The van der Waals surface area contributed by atoms with Crippen LogP contribution < -0.4 is 0 Å². The highest BCUT2D eigenvalue weighted by atomic mass is 32.1. The summed E-state index contributed by atoms with van der Waals surface area (Å²) < 4.78 is 24.6. The number of aliphatic hydroxyl groups is 2. The van der Waals surface area contributed by atoms with Crippen LogP contribution in [0.2, 0.25) is 0 Å². The van der Waals surface area contributed by atoms with Gasteiger partial charge in [-0.3, -0.25) is 9.69 Å². The minimum absolute atomic E-state index is 0.0516. The van der Waals surface area contributed by atoms with Crippen molar-refractivity contribution in [3.63, 3.8) is 0 Å². The Kier molecular flexibility index (Phi) is 17.1. The zero-order valence-electron chi connectivity index (χ0n) is 34.7. The molecule has 0 aromatic heterocycles. The molecule has 2 aromatic rings. The number of ether oxygens (including phenoxy) is 4. The number of amides is 1. The number of carbonyl (C=O) groups is 2. The molecule has 0 radical (unpaired) electrons. The summed E-state index contributed by atoms with van der Waals surface area (Å²) in [6.07, 6.45) is 15.3. The zero-order valence-corrected chi connectivity index (χ0v) is 35.5. The molecule has 3 atom stereocenters. The SMILES string of the molecule is CCCCCCCC1(CCCCCC/C=C/[C@H](C(=O)N2C(=S)OC(c3ccccc3)(c3ccccc3)[C@@H]2C(C)C)[C@@](O)(CCO)C(=O)OC(C)(C)C)OCCO1. The van der Waals surface area contributed by atoms with Crippen LogP contribution in [0.1, 0.15) is 136 Å². The quantitative estimate of drug-likeness (QED) is 0.0522. The molecule has 2 aromatic carbocycles. The normalized spacial score (nSPS) is 19.6. The third-order valence-corrected chi connectivity index (χ3v) is 11.2. The lowest BCUT2D eigenvalue weighted by atomic mass is 9.75. The molecule has 310 valence electrons. The van der Waals surface area contributed by atoms with Gasteiger partial charge in [0.15, 0.2) is 17.0 Å². The van der Waals surface area contributed by atoms with Crippen LogP contribution in [-0.2, 0) is 34.1 Å². The fourth-order valence-corrected chi connectivity index (χ4v) is 8.54. The van der Waals surface area contributed by atoms with Crippen molar-refractivity contribution in [2.75, 3.05) is 19.8 Å². The number of rotatable bonds is 22. The summed E-state index contributed by atoms with van der Waals surface area (Å²) in [5.74, 6) is -3.65. The number of carbonyl (C=O) groups excluding carboxylic acids is 2. The number of unbranched alkanes of at least 4 members (excludes halogenated alkanes) is 8. The molecule has 4 rings (SSSR count). The Labute approximate surface area is 341 Å². The Hall–Kier alpha value is -3.15. The molecule has 2 heterocycles. The Bertz CT molecular complexity index is 1510. The first-order valence-corrected chi connectivity index (χ1v) is 21.3. The van der Waals surface area contributed by atoms with Crippen molar-refractivity contribution in [2.24, 2.45) is 11.8 Å². The van der Waals surface area contributed by atoms with Gasteiger partial charge in [0.05, 0.1) is 25.2 Å². The van der Waals surface area contributed by atoms with Gasteiger partial charge in [-0.05, 0) is 64.6 Å². The van der Waals surface area contributed by atoms with E-state index in [4.69, 9.17) is 31.2 Å². The second-order valence-electron chi connectivity index (χ2n) is 16.8. The number of thiocarbonyl (C=S) groups is 1. The van der Waals surface area contributed by atoms with Gasteiger partial charge < -0.3 is 29.2 Å². The molecule has 2 aliphatic heterocycles. The molecule has 0 unspecified atom stereocenters. The summed E-state index contributed by atoms with van der Waals surface area (Å²) in [4.78, 5) is 30.5. The highest BCUT2D eigenvalue weighted by Crippen LogP contribution is 2.48. The molecule has 1 amide bonds. The van der Waals surface area contributed by atoms with Gasteiger partial charge in [-0.2, -0.15) is 0 Å². The van der Waals surface area contributed by atoms with Gasteiger partial charge in [0.1, 0.15) is 5.60 Å². The van der Waals surface area contributed by atoms with Crippen molar-refractivity contribution < 1.29 is 38.7 Å². The summed E-state index contributed by atoms with van der Waals surface area (Å²) >= 11 is 5.90. The van der Waals surface area contributed by atoms with E-state index in [1.165, 1.54) is 30.6 Å². The fourth-order valence-electron chi connectivity index (χ4n) is 8.20. The van der Waals surface area contributed by atoms with E-state index in [-0.39, 0.29) is 11.1 Å². The first kappa shape index (κ1) is 45.6. The van der Waals surface area contributed by atoms with E-state index >= 15 is 4.79 Å². The number of esters is 1. The smallest absolute Gasteiger partial charge is 0.339 e. The van der Waals surface area contributed by atoms with E-state index in [2.05, 4.69) is 6.92 Å². The molecule has 2 fully saturated rings. The predicted octanol–water partition coefficient (Wildman–Crippen LogP) is 9.17. The number of hydrogen-bond donors (Lipinski definition) is 2. The number of benzene rings is 2. The van der Waals surface area contributed by atoms with Crippen LogP contribution in [0.25, 0.3) is 0 Å². The van der Waals surface area contributed by atoms with Crippen LogP contribution in [0.5, 0.6) is 0 Å². The number of aliphatic hydroxyl groups excluding tert-OH is 1. The largest absolute Gasteiger partial charge is 0.458 e. The average molecular weight is 794 g/mol. The van der Waals surface area contributed by atoms with Crippen LogP contribution >= 0.6 is 12.2 Å². The number of hydrogen-bond acceptors (Lipinski definition) is 9. The first-order chi connectivity index (χ1) is 26.7. The van der Waals surface area contributed by atoms with E-state index in [1.807, 2.05) is 80.6 Å². The van der Waals surface area contributed by atoms with Crippen molar-refractivity contribution in [3.05, 3.63) is 83.9 Å². The third-order valence-electron chi connectivity index (χ3n) is 10.9. The molecule has 0 saturated carbocycles. The minimum Gasteiger partial charge on any atom is -0.458 e. The van der Waals surface area contributed by atoms with Crippen molar-refractivity contribution in [2.45, 2.75) is 154 Å². The lowest BCUT2D eigenvalue weighted by molar-refractivity contribution is -0.186. The lowest BCUT2D eigenvalue weighted by Gasteiger charge is -2.40. The molecule has 0 aliphatic carbocycles. The second kappa shape index (κ2) is 21.0. The molecular formula is C46H67NO8S. The van der Waals surface area contributed by atoms with E-state index in [0.29, 0.717) is 19.6 Å². The standard InChI is InChI=1S/C46H67NO8S/c1-7-8-9-13-22-29-44(52-33-34-53-44)30-23-14-11-10-12-21-28-38(45(51,31-32-48)41(50)54-43(4,5)6)40(49)47-39(35(2)3)46(55-42(47)56,36-24-17-15-18-25-36)37-26-19-16-20-27-37/h15-21,24-28,35,38-39,48,51H,7-14,22-23,29-34H2,1-6H3/b28-21+/t38-,39+,45+/m1/s1. The Morgan fingerprint density at radius 1 is 0.893 bits per heavy atom. The van der Waals surface area contributed by atoms with Crippen molar-refractivity contribution in [1.82, 2.24) is 4.90 Å². The van der Waals surface area contributed by atoms with E-state index in [0.717, 1.165) is 56.1 Å². The molecule has 10 heteroatoms. The van der Waals surface area contributed by atoms with Crippen LogP contribution in [0.3, 0.4) is 0 Å². The van der Waals surface area contributed by atoms with Gasteiger partial charge in [0.25, 0.3) is 5.17 Å².